The first-order chi connectivity index (χ1) is 13.6. The van der Waals surface area contributed by atoms with Crippen LogP contribution in [0.15, 0.2) is 53.6 Å². The Bertz CT molecular complexity index is 848. The van der Waals surface area contributed by atoms with E-state index in [2.05, 4.69) is 15.4 Å². The summed E-state index contributed by atoms with van der Waals surface area (Å²) in [5.74, 6) is -0.482. The predicted molar refractivity (Wildman–Crippen MR) is 104 cm³/mol. The molecule has 2 aromatic rings. The Hall–Kier alpha value is -3.46. The van der Waals surface area contributed by atoms with Gasteiger partial charge in [0.1, 0.15) is 0 Å². The summed E-state index contributed by atoms with van der Waals surface area (Å²) < 4.78 is 10.5. The minimum Gasteiger partial charge on any atom is -0.477 e. The molecule has 0 bridgehead atoms. The van der Waals surface area contributed by atoms with Crippen LogP contribution in [0.2, 0.25) is 0 Å². The van der Waals surface area contributed by atoms with E-state index in [1.165, 1.54) is 24.4 Å². The highest BCUT2D eigenvalue weighted by Crippen LogP contribution is 2.25. The maximum Gasteiger partial charge on any atom is 0.310 e. The number of carbonyl (C=O) groups excluding carboxylic acids is 1. The monoisotopic (exact) mass is 384 g/mol. The van der Waals surface area contributed by atoms with E-state index in [1.807, 2.05) is 24.3 Å². The number of hydrogen-bond donors (Lipinski definition) is 1. The molecule has 0 radical (unpaired) electrons. The fraction of sp³-hybridized carbons (Fsp3) is 0.263. The van der Waals surface area contributed by atoms with Gasteiger partial charge in [0.05, 0.1) is 24.4 Å². The predicted octanol–water partition coefficient (Wildman–Crippen LogP) is 1.96. The van der Waals surface area contributed by atoms with Crippen molar-refractivity contribution in [3.63, 3.8) is 0 Å². The number of rotatable bonds is 7. The van der Waals surface area contributed by atoms with Crippen LogP contribution in [0, 0.1) is 10.1 Å². The minimum atomic E-state index is -0.564. The van der Waals surface area contributed by atoms with E-state index in [0.717, 1.165) is 37.6 Å². The lowest BCUT2D eigenvalue weighted by molar-refractivity contribution is -0.385. The second kappa shape index (κ2) is 9.47. The van der Waals surface area contributed by atoms with Gasteiger partial charge in [-0.25, -0.2) is 5.43 Å². The number of para-hydroxylation sites is 2. The lowest BCUT2D eigenvalue weighted by Gasteiger charge is -2.28. The van der Waals surface area contributed by atoms with Crippen molar-refractivity contribution in [1.82, 2.24) is 5.43 Å². The molecule has 0 spiro atoms. The molecular weight excluding hydrogens is 364 g/mol. The van der Waals surface area contributed by atoms with Crippen molar-refractivity contribution in [2.24, 2.45) is 5.10 Å². The Morgan fingerprint density at radius 1 is 1.21 bits per heavy atom. The van der Waals surface area contributed by atoms with Crippen LogP contribution in [0.5, 0.6) is 5.75 Å². The van der Waals surface area contributed by atoms with E-state index in [4.69, 9.17) is 9.47 Å². The molecule has 1 fully saturated rings. The van der Waals surface area contributed by atoms with Crippen LogP contribution in [-0.2, 0) is 9.53 Å². The number of hydrazone groups is 1. The maximum absolute atomic E-state index is 11.8. The third-order valence-corrected chi connectivity index (χ3v) is 4.09. The highest BCUT2D eigenvalue weighted by atomic mass is 16.6. The lowest BCUT2D eigenvalue weighted by Crippen LogP contribution is -2.36. The molecule has 1 aliphatic heterocycles. The highest BCUT2D eigenvalue weighted by Gasteiger charge is 2.14. The van der Waals surface area contributed by atoms with Crippen molar-refractivity contribution in [2.45, 2.75) is 0 Å². The molecule has 1 N–H and O–H groups in total. The van der Waals surface area contributed by atoms with Crippen molar-refractivity contribution in [3.8, 4) is 5.75 Å². The summed E-state index contributed by atoms with van der Waals surface area (Å²) in [5.41, 5.74) is 4.09. The second-order valence-electron chi connectivity index (χ2n) is 6.00. The topological polar surface area (TPSA) is 106 Å². The molecule has 9 heteroatoms. The standard InChI is InChI=1S/C19H20N4O5/c24-19(14-28-18-4-2-1-3-17(18)23(25)26)21-20-13-15-5-7-16(8-6-15)22-9-11-27-12-10-22/h1-8,13H,9-12,14H2,(H,21,24)/b20-13-. The summed E-state index contributed by atoms with van der Waals surface area (Å²) >= 11 is 0. The van der Waals surface area contributed by atoms with Gasteiger partial charge in [-0.3, -0.25) is 14.9 Å². The molecule has 2 aromatic carbocycles. The van der Waals surface area contributed by atoms with Crippen LogP contribution >= 0.6 is 0 Å². The van der Waals surface area contributed by atoms with Crippen LogP contribution in [0.4, 0.5) is 11.4 Å². The van der Waals surface area contributed by atoms with Crippen LogP contribution in [-0.4, -0.2) is 50.0 Å². The van der Waals surface area contributed by atoms with Crippen LogP contribution in [0.25, 0.3) is 0 Å². The van der Waals surface area contributed by atoms with Gasteiger partial charge in [0.25, 0.3) is 5.91 Å². The summed E-state index contributed by atoms with van der Waals surface area (Å²) in [4.78, 5) is 24.4. The van der Waals surface area contributed by atoms with Crippen molar-refractivity contribution in [2.75, 3.05) is 37.8 Å². The van der Waals surface area contributed by atoms with Crippen LogP contribution in [0.3, 0.4) is 0 Å². The largest absolute Gasteiger partial charge is 0.477 e. The zero-order valence-electron chi connectivity index (χ0n) is 15.1. The third-order valence-electron chi connectivity index (χ3n) is 4.09. The SMILES string of the molecule is O=C(COc1ccccc1[N+](=O)[O-])N/N=C\c1ccc(N2CCOCC2)cc1. The lowest BCUT2D eigenvalue weighted by atomic mass is 10.2. The average molecular weight is 384 g/mol. The molecule has 146 valence electrons. The molecule has 0 aliphatic carbocycles. The summed E-state index contributed by atoms with van der Waals surface area (Å²) in [7, 11) is 0. The number of amides is 1. The fourth-order valence-corrected chi connectivity index (χ4v) is 2.68. The Morgan fingerprint density at radius 3 is 2.64 bits per heavy atom. The third kappa shape index (κ3) is 5.27. The quantitative estimate of drug-likeness (QED) is 0.444. The Kier molecular flexibility index (Phi) is 6.53. The van der Waals surface area contributed by atoms with Gasteiger partial charge in [-0.15, -0.1) is 0 Å². The molecular formula is C19H20N4O5. The van der Waals surface area contributed by atoms with E-state index < -0.39 is 10.8 Å². The molecule has 0 atom stereocenters. The van der Waals surface area contributed by atoms with Gasteiger partial charge in [-0.05, 0) is 23.8 Å². The van der Waals surface area contributed by atoms with Gasteiger partial charge in [0.2, 0.25) is 0 Å². The normalized spacial score (nSPS) is 14.1. The fourth-order valence-electron chi connectivity index (χ4n) is 2.68. The molecule has 28 heavy (non-hydrogen) atoms. The molecule has 1 aliphatic rings. The average Bonchev–Trinajstić information content (AvgIpc) is 2.73. The first-order valence-corrected chi connectivity index (χ1v) is 8.74. The minimum absolute atomic E-state index is 0.0327. The Labute approximate surface area is 161 Å². The van der Waals surface area contributed by atoms with Crippen molar-refractivity contribution in [3.05, 3.63) is 64.2 Å². The van der Waals surface area contributed by atoms with Crippen molar-refractivity contribution < 1.29 is 19.2 Å². The number of benzene rings is 2. The molecule has 1 amide bonds. The highest BCUT2D eigenvalue weighted by molar-refractivity contribution is 5.83. The number of nitro benzene ring substituents is 1. The number of carbonyl (C=O) groups is 1. The number of nitrogens with one attached hydrogen (secondary N) is 1. The number of anilines is 1. The smallest absolute Gasteiger partial charge is 0.310 e. The molecule has 1 saturated heterocycles. The number of morpholine rings is 1. The summed E-state index contributed by atoms with van der Waals surface area (Å²) in [6, 6.07) is 13.7. The van der Waals surface area contributed by atoms with Crippen LogP contribution < -0.4 is 15.1 Å². The summed E-state index contributed by atoms with van der Waals surface area (Å²) in [6.45, 7) is 2.80. The first-order valence-electron chi connectivity index (χ1n) is 8.74. The van der Waals surface area contributed by atoms with E-state index in [1.54, 1.807) is 6.07 Å². The molecule has 3 rings (SSSR count). The number of ether oxygens (including phenoxy) is 2. The van der Waals surface area contributed by atoms with E-state index >= 15 is 0 Å². The summed E-state index contributed by atoms with van der Waals surface area (Å²) in [6.07, 6.45) is 1.52. The van der Waals surface area contributed by atoms with Gasteiger partial charge >= 0.3 is 5.69 Å². The van der Waals surface area contributed by atoms with Gasteiger partial charge in [-0.1, -0.05) is 24.3 Å². The van der Waals surface area contributed by atoms with Gasteiger partial charge in [-0.2, -0.15) is 5.10 Å². The van der Waals surface area contributed by atoms with E-state index in [9.17, 15) is 14.9 Å². The molecule has 1 heterocycles. The molecule has 0 unspecified atom stereocenters. The van der Waals surface area contributed by atoms with Gasteiger partial charge in [0, 0.05) is 24.8 Å². The van der Waals surface area contributed by atoms with Crippen LogP contribution in [0.1, 0.15) is 5.56 Å². The molecule has 0 saturated carbocycles. The van der Waals surface area contributed by atoms with Crippen molar-refractivity contribution in [1.29, 1.82) is 0 Å². The Balaban J connectivity index is 1.48. The van der Waals surface area contributed by atoms with Gasteiger partial charge in [0.15, 0.2) is 12.4 Å². The molecule has 9 nitrogen and oxygen atoms in total. The second-order valence-corrected chi connectivity index (χ2v) is 6.00. The Morgan fingerprint density at radius 2 is 1.93 bits per heavy atom. The first kappa shape index (κ1) is 19.3. The maximum atomic E-state index is 11.8. The zero-order valence-corrected chi connectivity index (χ0v) is 15.1. The van der Waals surface area contributed by atoms with Crippen molar-refractivity contribution >= 4 is 23.5 Å². The number of nitrogens with zero attached hydrogens (tertiary/aromatic N) is 3. The summed E-state index contributed by atoms with van der Waals surface area (Å²) in [5, 5.41) is 14.8. The van der Waals surface area contributed by atoms with Gasteiger partial charge < -0.3 is 14.4 Å². The molecule has 0 aromatic heterocycles. The number of nitro groups is 1. The number of hydrogen-bond acceptors (Lipinski definition) is 7. The van der Waals surface area contributed by atoms with E-state index in [0.29, 0.717) is 0 Å². The van der Waals surface area contributed by atoms with E-state index in [-0.39, 0.29) is 18.0 Å². The zero-order chi connectivity index (χ0) is 19.8.